The van der Waals surface area contributed by atoms with Crippen LogP contribution in [-0.4, -0.2) is 31.5 Å². The minimum absolute atomic E-state index is 0.0351. The molecular formula is C22H23NO2. The van der Waals surface area contributed by atoms with Crippen LogP contribution in [-0.2, 0) is 17.8 Å². The maximum absolute atomic E-state index is 12.8. The normalized spacial score (nSPS) is 10.8. The number of nitrogens with zero attached hydrogens (tertiary/aromatic N) is 1. The van der Waals surface area contributed by atoms with Crippen LogP contribution in [0.4, 0.5) is 0 Å². The van der Waals surface area contributed by atoms with E-state index in [1.165, 1.54) is 16.3 Å². The van der Waals surface area contributed by atoms with E-state index < -0.39 is 0 Å². The Balaban J connectivity index is 1.74. The summed E-state index contributed by atoms with van der Waals surface area (Å²) >= 11 is 0. The average Bonchev–Trinajstić information content (AvgIpc) is 2.66. The SMILES string of the molecule is COCc1ccccc1C(=O)N(C)CCc1cccc2ccccc12. The van der Waals surface area contributed by atoms with Crippen LogP contribution in [0, 0.1) is 0 Å². The Hall–Kier alpha value is -2.65. The summed E-state index contributed by atoms with van der Waals surface area (Å²) in [5, 5.41) is 2.49. The molecule has 0 aliphatic carbocycles. The number of hydrogen-bond donors (Lipinski definition) is 0. The zero-order valence-electron chi connectivity index (χ0n) is 14.7. The highest BCUT2D eigenvalue weighted by Crippen LogP contribution is 2.19. The van der Waals surface area contributed by atoms with Crippen LogP contribution in [0.3, 0.4) is 0 Å². The number of methoxy groups -OCH3 is 1. The lowest BCUT2D eigenvalue weighted by Gasteiger charge is -2.19. The predicted molar refractivity (Wildman–Crippen MR) is 102 cm³/mol. The van der Waals surface area contributed by atoms with Crippen LogP contribution < -0.4 is 0 Å². The number of ether oxygens (including phenoxy) is 1. The number of carbonyl (C=O) groups is 1. The van der Waals surface area contributed by atoms with Crippen LogP contribution in [0.5, 0.6) is 0 Å². The number of carbonyl (C=O) groups excluding carboxylic acids is 1. The molecule has 0 radical (unpaired) electrons. The van der Waals surface area contributed by atoms with Gasteiger partial charge in [-0.05, 0) is 34.4 Å². The molecule has 0 unspecified atom stereocenters. The van der Waals surface area contributed by atoms with E-state index in [0.29, 0.717) is 18.7 Å². The van der Waals surface area contributed by atoms with Gasteiger partial charge in [0.25, 0.3) is 5.91 Å². The van der Waals surface area contributed by atoms with Crippen molar-refractivity contribution in [2.45, 2.75) is 13.0 Å². The molecule has 0 aliphatic rings. The Morgan fingerprint density at radius 2 is 1.60 bits per heavy atom. The van der Waals surface area contributed by atoms with Gasteiger partial charge in [0.2, 0.25) is 0 Å². The molecule has 3 nitrogen and oxygen atoms in total. The highest BCUT2D eigenvalue weighted by Gasteiger charge is 2.15. The third kappa shape index (κ3) is 3.89. The minimum Gasteiger partial charge on any atom is -0.380 e. The van der Waals surface area contributed by atoms with Gasteiger partial charge in [-0.15, -0.1) is 0 Å². The van der Waals surface area contributed by atoms with Gasteiger partial charge in [-0.2, -0.15) is 0 Å². The summed E-state index contributed by atoms with van der Waals surface area (Å²) in [6, 6.07) is 22.3. The molecule has 3 aromatic rings. The zero-order chi connectivity index (χ0) is 17.6. The van der Waals surface area contributed by atoms with E-state index in [2.05, 4.69) is 42.5 Å². The van der Waals surface area contributed by atoms with Gasteiger partial charge < -0.3 is 9.64 Å². The van der Waals surface area contributed by atoms with Gasteiger partial charge >= 0.3 is 0 Å². The van der Waals surface area contributed by atoms with Gasteiger partial charge in [0.05, 0.1) is 6.61 Å². The third-order valence-corrected chi connectivity index (χ3v) is 4.49. The summed E-state index contributed by atoms with van der Waals surface area (Å²) in [5.41, 5.74) is 2.90. The summed E-state index contributed by atoms with van der Waals surface area (Å²) < 4.78 is 5.21. The molecule has 3 aromatic carbocycles. The fourth-order valence-corrected chi connectivity index (χ4v) is 3.12. The van der Waals surface area contributed by atoms with Gasteiger partial charge in [0.15, 0.2) is 0 Å². The summed E-state index contributed by atoms with van der Waals surface area (Å²) in [4.78, 5) is 14.6. The third-order valence-electron chi connectivity index (χ3n) is 4.49. The molecule has 3 heteroatoms. The first-order valence-electron chi connectivity index (χ1n) is 8.49. The molecule has 0 bridgehead atoms. The second-order valence-electron chi connectivity index (χ2n) is 6.21. The largest absolute Gasteiger partial charge is 0.380 e. The van der Waals surface area contributed by atoms with Gasteiger partial charge in [-0.3, -0.25) is 4.79 Å². The maximum atomic E-state index is 12.8. The molecule has 3 rings (SSSR count). The smallest absolute Gasteiger partial charge is 0.253 e. The Bertz CT molecular complexity index is 867. The molecule has 128 valence electrons. The van der Waals surface area contributed by atoms with E-state index in [9.17, 15) is 4.79 Å². The fraction of sp³-hybridized carbons (Fsp3) is 0.227. The van der Waals surface area contributed by atoms with Crippen LogP contribution in [0.25, 0.3) is 10.8 Å². The zero-order valence-corrected chi connectivity index (χ0v) is 14.7. The molecule has 0 spiro atoms. The maximum Gasteiger partial charge on any atom is 0.253 e. The van der Waals surface area contributed by atoms with Crippen molar-refractivity contribution >= 4 is 16.7 Å². The van der Waals surface area contributed by atoms with Crippen molar-refractivity contribution in [2.75, 3.05) is 20.7 Å². The van der Waals surface area contributed by atoms with Gasteiger partial charge in [0.1, 0.15) is 0 Å². The quantitative estimate of drug-likeness (QED) is 0.673. The molecule has 0 atom stereocenters. The topological polar surface area (TPSA) is 29.5 Å². The van der Waals surface area contributed by atoms with Crippen molar-refractivity contribution in [3.05, 3.63) is 83.4 Å². The number of fused-ring (bicyclic) bond motifs is 1. The Kier molecular flexibility index (Phi) is 5.46. The lowest BCUT2D eigenvalue weighted by atomic mass is 10.0. The van der Waals surface area contributed by atoms with Gasteiger partial charge in [0, 0.05) is 26.3 Å². The van der Waals surface area contributed by atoms with Crippen molar-refractivity contribution in [1.82, 2.24) is 4.90 Å². The van der Waals surface area contributed by atoms with Gasteiger partial charge in [-0.1, -0.05) is 60.7 Å². The van der Waals surface area contributed by atoms with Crippen molar-refractivity contribution in [1.29, 1.82) is 0 Å². The molecule has 0 aromatic heterocycles. The first kappa shape index (κ1) is 17.2. The molecule has 25 heavy (non-hydrogen) atoms. The summed E-state index contributed by atoms with van der Waals surface area (Å²) in [6.45, 7) is 1.12. The molecule has 0 heterocycles. The first-order chi connectivity index (χ1) is 12.2. The summed E-state index contributed by atoms with van der Waals surface area (Å²) in [5.74, 6) is 0.0351. The Labute approximate surface area is 148 Å². The molecule has 0 aliphatic heterocycles. The van der Waals surface area contributed by atoms with Crippen molar-refractivity contribution in [3.63, 3.8) is 0 Å². The van der Waals surface area contributed by atoms with E-state index >= 15 is 0 Å². The van der Waals surface area contributed by atoms with Crippen molar-refractivity contribution < 1.29 is 9.53 Å². The standard InChI is InChI=1S/C22H23NO2/c1-23(22(24)21-13-6-4-9-19(21)16-25-2)15-14-18-11-7-10-17-8-3-5-12-20(17)18/h3-13H,14-16H2,1-2H3. The van der Waals surface area contributed by atoms with E-state index in [1.807, 2.05) is 31.3 Å². The molecule has 0 fully saturated rings. The average molecular weight is 333 g/mol. The fourth-order valence-electron chi connectivity index (χ4n) is 3.12. The number of rotatable bonds is 6. The van der Waals surface area contributed by atoms with E-state index in [1.54, 1.807) is 12.0 Å². The van der Waals surface area contributed by atoms with Crippen LogP contribution in [0.2, 0.25) is 0 Å². The van der Waals surface area contributed by atoms with E-state index in [-0.39, 0.29) is 5.91 Å². The van der Waals surface area contributed by atoms with Crippen molar-refractivity contribution in [2.24, 2.45) is 0 Å². The summed E-state index contributed by atoms with van der Waals surface area (Å²) in [6.07, 6.45) is 0.829. The number of benzene rings is 3. The van der Waals surface area contributed by atoms with Crippen LogP contribution in [0.1, 0.15) is 21.5 Å². The van der Waals surface area contributed by atoms with E-state index in [0.717, 1.165) is 12.0 Å². The summed E-state index contributed by atoms with van der Waals surface area (Å²) in [7, 11) is 3.50. The van der Waals surface area contributed by atoms with E-state index in [4.69, 9.17) is 4.74 Å². The predicted octanol–water partition coefficient (Wildman–Crippen LogP) is 4.30. The molecule has 1 amide bonds. The second-order valence-corrected chi connectivity index (χ2v) is 6.21. The molecule has 0 N–H and O–H groups in total. The number of likely N-dealkylation sites (N-methyl/N-ethyl adjacent to an activating group) is 1. The Morgan fingerprint density at radius 3 is 2.44 bits per heavy atom. The highest BCUT2D eigenvalue weighted by molar-refractivity contribution is 5.95. The molecule has 0 saturated carbocycles. The highest BCUT2D eigenvalue weighted by atomic mass is 16.5. The lowest BCUT2D eigenvalue weighted by molar-refractivity contribution is 0.0792. The Morgan fingerprint density at radius 1 is 0.920 bits per heavy atom. The van der Waals surface area contributed by atoms with Gasteiger partial charge in [-0.25, -0.2) is 0 Å². The van der Waals surface area contributed by atoms with Crippen molar-refractivity contribution in [3.8, 4) is 0 Å². The number of amides is 1. The minimum atomic E-state index is 0.0351. The molecule has 0 saturated heterocycles. The lowest BCUT2D eigenvalue weighted by Crippen LogP contribution is -2.29. The van der Waals surface area contributed by atoms with Crippen LogP contribution >= 0.6 is 0 Å². The number of hydrogen-bond acceptors (Lipinski definition) is 2. The monoisotopic (exact) mass is 333 g/mol. The second kappa shape index (κ2) is 7.95. The van der Waals surface area contributed by atoms with Crippen LogP contribution in [0.15, 0.2) is 66.7 Å². The molecular weight excluding hydrogens is 310 g/mol. The first-order valence-corrected chi connectivity index (χ1v) is 8.49.